The maximum absolute atomic E-state index is 12.7. The van der Waals surface area contributed by atoms with Crippen LogP contribution < -0.4 is 9.80 Å². The molecule has 280 valence electrons. The zero-order valence-electron chi connectivity index (χ0n) is 31.6. The monoisotopic (exact) mass is 754 g/mol. The molecule has 53 heavy (non-hydrogen) atoms. The minimum atomic E-state index is -4.55. The first kappa shape index (κ1) is 39.7. The molecule has 0 amide bonds. The van der Waals surface area contributed by atoms with E-state index >= 15 is 0 Å². The highest BCUT2D eigenvalue weighted by atomic mass is 32.2. The largest absolute Gasteiger partial charge is 0.341 e. The van der Waals surface area contributed by atoms with Crippen molar-refractivity contribution in [3.8, 4) is 0 Å². The summed E-state index contributed by atoms with van der Waals surface area (Å²) < 4.78 is 68.5. The first-order valence-electron chi connectivity index (χ1n) is 17.9. The molecule has 0 spiro atoms. The van der Waals surface area contributed by atoms with Crippen LogP contribution in [0.2, 0.25) is 0 Å². The lowest BCUT2D eigenvalue weighted by Crippen LogP contribution is -2.23. The van der Waals surface area contributed by atoms with Crippen LogP contribution in [0.4, 0.5) is 22.7 Å². The lowest BCUT2D eigenvalue weighted by molar-refractivity contribution is 0.479. The molecule has 1 atom stereocenters. The molecule has 0 aromatic heterocycles. The van der Waals surface area contributed by atoms with Gasteiger partial charge < -0.3 is 9.80 Å². The first-order chi connectivity index (χ1) is 25.0. The fraction of sp³-hybridized carbons (Fsp3) is 0.302. The second-order valence-electron chi connectivity index (χ2n) is 14.1. The van der Waals surface area contributed by atoms with Gasteiger partial charge in [-0.1, -0.05) is 84.8 Å². The van der Waals surface area contributed by atoms with E-state index in [9.17, 15) is 25.9 Å². The van der Waals surface area contributed by atoms with Crippen LogP contribution in [0.15, 0.2) is 102 Å². The van der Waals surface area contributed by atoms with E-state index in [0.717, 1.165) is 57.8 Å². The van der Waals surface area contributed by atoms with Gasteiger partial charge in [0, 0.05) is 41.8 Å². The van der Waals surface area contributed by atoms with Gasteiger partial charge in [-0.15, -0.1) is 0 Å². The zero-order valence-corrected chi connectivity index (χ0v) is 33.2. The molecule has 5 aromatic carbocycles. The maximum atomic E-state index is 12.7. The van der Waals surface area contributed by atoms with Crippen LogP contribution in [0.5, 0.6) is 0 Å². The van der Waals surface area contributed by atoms with Gasteiger partial charge in [-0.25, -0.2) is 0 Å². The highest BCUT2D eigenvalue weighted by Crippen LogP contribution is 2.40. The van der Waals surface area contributed by atoms with E-state index in [1.807, 2.05) is 57.2 Å². The number of hydrogen-bond acceptors (Lipinski definition) is 6. The van der Waals surface area contributed by atoms with Crippen LogP contribution in [0.3, 0.4) is 0 Å². The number of anilines is 4. The fourth-order valence-corrected chi connectivity index (χ4v) is 8.99. The van der Waals surface area contributed by atoms with Crippen molar-refractivity contribution in [3.05, 3.63) is 147 Å². The van der Waals surface area contributed by atoms with Crippen LogP contribution in [-0.2, 0) is 20.2 Å². The summed E-state index contributed by atoms with van der Waals surface area (Å²) in [6, 6.07) is 31.1. The second kappa shape index (κ2) is 16.3. The summed E-state index contributed by atoms with van der Waals surface area (Å²) in [6.07, 6.45) is 1.15. The van der Waals surface area contributed by atoms with Crippen molar-refractivity contribution in [2.45, 2.75) is 72.1 Å². The number of rotatable bonds is 14. The molecular weight excluding hydrogens is 705 g/mol. The Hall–Kier alpha value is -4.48. The van der Waals surface area contributed by atoms with E-state index < -0.39 is 26.2 Å². The van der Waals surface area contributed by atoms with Gasteiger partial charge in [0.05, 0.1) is 10.6 Å². The van der Waals surface area contributed by atoms with Crippen LogP contribution in [0, 0.1) is 41.5 Å². The molecule has 0 fully saturated rings. The van der Waals surface area contributed by atoms with Crippen molar-refractivity contribution in [3.63, 3.8) is 0 Å². The van der Waals surface area contributed by atoms with Crippen LogP contribution in [-0.4, -0.2) is 44.8 Å². The minimum Gasteiger partial charge on any atom is -0.341 e. The molecule has 0 saturated heterocycles. The van der Waals surface area contributed by atoms with E-state index in [-0.39, 0.29) is 17.1 Å². The van der Waals surface area contributed by atoms with Crippen molar-refractivity contribution in [2.75, 3.05) is 28.6 Å². The van der Waals surface area contributed by atoms with Gasteiger partial charge in [0.15, 0.2) is 0 Å². The molecule has 0 aliphatic carbocycles. The molecular formula is C43H50N2O6S2. The predicted molar refractivity (Wildman–Crippen MR) is 217 cm³/mol. The Balaban J connectivity index is 1.62. The van der Waals surface area contributed by atoms with Crippen molar-refractivity contribution < 1.29 is 25.9 Å². The van der Waals surface area contributed by atoms with Gasteiger partial charge in [0.2, 0.25) is 0 Å². The lowest BCUT2D eigenvalue weighted by atomic mass is 9.85. The van der Waals surface area contributed by atoms with Gasteiger partial charge >= 0.3 is 0 Å². The third-order valence-corrected chi connectivity index (χ3v) is 11.4. The molecule has 1 unspecified atom stereocenters. The van der Waals surface area contributed by atoms with Crippen LogP contribution >= 0.6 is 0 Å². The van der Waals surface area contributed by atoms with E-state index in [1.54, 1.807) is 18.2 Å². The van der Waals surface area contributed by atoms with Crippen molar-refractivity contribution in [1.82, 2.24) is 0 Å². The van der Waals surface area contributed by atoms with Crippen molar-refractivity contribution >= 4 is 43.0 Å². The molecule has 10 heteroatoms. The third kappa shape index (κ3) is 9.37. The SMILES string of the molecule is CCCN(c1ccc(C(c2ccc(N(CCCS(=O)(=O)O)c3c(C)cc(C)cc3C)cc2)c2ccccc2S(=O)(=O)O)cc1)c1c(C)cc(C)cc1C. The molecule has 0 heterocycles. The van der Waals surface area contributed by atoms with Crippen molar-refractivity contribution in [1.29, 1.82) is 0 Å². The van der Waals surface area contributed by atoms with E-state index in [2.05, 4.69) is 73.9 Å². The van der Waals surface area contributed by atoms with Gasteiger partial charge in [-0.3, -0.25) is 9.11 Å². The van der Waals surface area contributed by atoms with Crippen LogP contribution in [0.25, 0.3) is 0 Å². The summed E-state index contributed by atoms with van der Waals surface area (Å²) in [5.74, 6) is -0.913. The van der Waals surface area contributed by atoms with E-state index in [4.69, 9.17) is 0 Å². The molecule has 8 nitrogen and oxygen atoms in total. The molecule has 2 N–H and O–H groups in total. The Morgan fingerprint density at radius 3 is 1.40 bits per heavy atom. The highest BCUT2D eigenvalue weighted by Gasteiger charge is 2.26. The predicted octanol–water partition coefficient (Wildman–Crippen LogP) is 9.93. The Bertz CT molecular complexity index is 2260. The Morgan fingerprint density at radius 2 is 1.00 bits per heavy atom. The topological polar surface area (TPSA) is 115 Å². The average Bonchev–Trinajstić information content (AvgIpc) is 3.06. The minimum absolute atomic E-state index is 0.158. The zero-order chi connectivity index (χ0) is 38.7. The summed E-state index contributed by atoms with van der Waals surface area (Å²) in [7, 11) is -8.69. The third-order valence-electron chi connectivity index (χ3n) is 9.63. The molecule has 0 aliphatic heterocycles. The maximum Gasteiger partial charge on any atom is 0.294 e. The molecule has 0 saturated carbocycles. The quantitative estimate of drug-likeness (QED) is 0.0851. The molecule has 0 radical (unpaired) electrons. The number of benzene rings is 5. The van der Waals surface area contributed by atoms with Crippen LogP contribution in [0.1, 0.15) is 75.8 Å². The van der Waals surface area contributed by atoms with Gasteiger partial charge in [-0.2, -0.15) is 16.8 Å². The summed E-state index contributed by atoms with van der Waals surface area (Å²) in [6.45, 7) is 15.8. The summed E-state index contributed by atoms with van der Waals surface area (Å²) in [5, 5.41) is 0. The normalized spacial score (nSPS) is 12.5. The Morgan fingerprint density at radius 1 is 0.585 bits per heavy atom. The molecule has 0 bridgehead atoms. The summed E-state index contributed by atoms with van der Waals surface area (Å²) in [4.78, 5) is 4.23. The Labute approximate surface area is 315 Å². The second-order valence-corrected chi connectivity index (χ2v) is 17.0. The van der Waals surface area contributed by atoms with E-state index in [0.29, 0.717) is 12.1 Å². The molecule has 5 aromatic rings. The summed E-state index contributed by atoms with van der Waals surface area (Å²) in [5.41, 5.74) is 12.9. The molecule has 5 rings (SSSR count). The van der Waals surface area contributed by atoms with E-state index in [1.165, 1.54) is 28.4 Å². The molecule has 0 aliphatic rings. The summed E-state index contributed by atoms with van der Waals surface area (Å²) >= 11 is 0. The average molecular weight is 755 g/mol. The smallest absolute Gasteiger partial charge is 0.294 e. The standard InChI is InChI=1S/C43H50N2O6S2/c1-8-22-44(42-31(4)25-29(2)26-32(42)5)37-18-14-35(15-19-37)41(39-12-9-10-13-40(39)53(49,50)51)36-16-20-38(21-17-36)45(23-11-24-52(46,47)48)43-33(6)27-30(3)28-34(43)7/h9-10,12-21,25-28,41H,8,11,22-24H2,1-7H3,(H,46,47,48)(H,49,50,51). The number of hydrogen-bond donors (Lipinski definition) is 2. The Kier molecular flexibility index (Phi) is 12.2. The van der Waals surface area contributed by atoms with Gasteiger partial charge in [0.1, 0.15) is 0 Å². The number of nitrogens with zero attached hydrogens (tertiary/aromatic N) is 2. The highest BCUT2D eigenvalue weighted by molar-refractivity contribution is 7.86. The van der Waals surface area contributed by atoms with Gasteiger partial charge in [-0.05, 0) is 124 Å². The number of aryl methyl sites for hydroxylation is 6. The van der Waals surface area contributed by atoms with Gasteiger partial charge in [0.25, 0.3) is 20.2 Å². The van der Waals surface area contributed by atoms with Crippen molar-refractivity contribution in [2.24, 2.45) is 0 Å². The lowest BCUT2D eigenvalue weighted by Gasteiger charge is -2.30. The first-order valence-corrected chi connectivity index (χ1v) is 21.0. The fourth-order valence-electron chi connectivity index (χ4n) is 7.76.